The first-order chi connectivity index (χ1) is 9.60. The van der Waals surface area contributed by atoms with E-state index in [1.807, 2.05) is 44.2 Å². The molecule has 1 unspecified atom stereocenters. The average Bonchev–Trinajstić information content (AvgIpc) is 2.41. The van der Waals surface area contributed by atoms with E-state index in [0.717, 1.165) is 16.9 Å². The minimum absolute atomic E-state index is 0.132. The Hall–Kier alpha value is -1.91. The van der Waals surface area contributed by atoms with Gasteiger partial charge in [-0.05, 0) is 49.2 Å². The van der Waals surface area contributed by atoms with Crippen LogP contribution in [0, 0.1) is 5.82 Å². The largest absolute Gasteiger partial charge is 0.491 e. The molecule has 0 aliphatic carbocycles. The average molecular weight is 274 g/mol. The number of ether oxygens (including phenoxy) is 1. The smallest absolute Gasteiger partial charge is 0.123 e. The molecule has 0 aliphatic heterocycles. The highest BCUT2D eigenvalue weighted by atomic mass is 19.1. The molecule has 0 saturated carbocycles. The lowest BCUT2D eigenvalue weighted by molar-refractivity contribution is 0.242. The Balaban J connectivity index is 2.23. The molecule has 1 atom stereocenters. The van der Waals surface area contributed by atoms with Gasteiger partial charge < -0.3 is 4.74 Å². The van der Waals surface area contributed by atoms with Gasteiger partial charge in [-0.15, -0.1) is 0 Å². The number of halogens is 1. The fourth-order valence-electron chi connectivity index (χ4n) is 2.08. The lowest BCUT2D eigenvalue weighted by Crippen LogP contribution is -2.28. The number of hydrogen-bond acceptors (Lipinski definition) is 3. The van der Waals surface area contributed by atoms with Crippen molar-refractivity contribution in [3.05, 3.63) is 65.5 Å². The van der Waals surface area contributed by atoms with Crippen LogP contribution in [0.25, 0.3) is 0 Å². The van der Waals surface area contributed by atoms with Crippen LogP contribution in [-0.4, -0.2) is 6.10 Å². The topological polar surface area (TPSA) is 47.3 Å². The summed E-state index contributed by atoms with van der Waals surface area (Å²) in [6.45, 7) is 3.95. The van der Waals surface area contributed by atoms with Gasteiger partial charge in [0.1, 0.15) is 11.6 Å². The molecule has 0 heterocycles. The molecule has 2 aromatic carbocycles. The Morgan fingerprint density at radius 3 is 2.30 bits per heavy atom. The number of nitrogens with one attached hydrogen (secondary N) is 1. The summed E-state index contributed by atoms with van der Waals surface area (Å²) < 4.78 is 18.9. The van der Waals surface area contributed by atoms with E-state index >= 15 is 0 Å². The molecule has 0 fully saturated rings. The second kappa shape index (κ2) is 6.50. The van der Waals surface area contributed by atoms with E-state index in [9.17, 15) is 4.39 Å². The van der Waals surface area contributed by atoms with Crippen LogP contribution in [0.1, 0.15) is 31.0 Å². The molecule has 20 heavy (non-hydrogen) atoms. The summed E-state index contributed by atoms with van der Waals surface area (Å²) in [5.41, 5.74) is 4.45. The van der Waals surface area contributed by atoms with E-state index in [1.165, 1.54) is 12.1 Å². The molecule has 0 radical (unpaired) electrons. The first-order valence-electron chi connectivity index (χ1n) is 6.58. The summed E-state index contributed by atoms with van der Waals surface area (Å²) in [6, 6.07) is 13.8. The van der Waals surface area contributed by atoms with Gasteiger partial charge in [-0.25, -0.2) is 9.82 Å². The Labute approximate surface area is 118 Å². The van der Waals surface area contributed by atoms with Crippen LogP contribution >= 0.6 is 0 Å². The van der Waals surface area contributed by atoms with Gasteiger partial charge in [0.05, 0.1) is 12.1 Å². The minimum atomic E-state index is -0.275. The fraction of sp³-hybridized carbons (Fsp3) is 0.250. The molecular weight excluding hydrogens is 255 g/mol. The number of nitrogens with two attached hydrogens (primary N) is 1. The van der Waals surface area contributed by atoms with Crippen LogP contribution in [0.15, 0.2) is 48.5 Å². The molecule has 106 valence electrons. The van der Waals surface area contributed by atoms with Crippen molar-refractivity contribution >= 4 is 0 Å². The van der Waals surface area contributed by atoms with Gasteiger partial charge in [0.15, 0.2) is 0 Å². The zero-order chi connectivity index (χ0) is 14.5. The van der Waals surface area contributed by atoms with Crippen LogP contribution in [-0.2, 0) is 0 Å². The third kappa shape index (κ3) is 3.56. The predicted molar refractivity (Wildman–Crippen MR) is 77.8 cm³/mol. The van der Waals surface area contributed by atoms with Crippen molar-refractivity contribution in [2.75, 3.05) is 0 Å². The van der Waals surface area contributed by atoms with Crippen LogP contribution in [0.2, 0.25) is 0 Å². The molecule has 3 nitrogen and oxygen atoms in total. The van der Waals surface area contributed by atoms with E-state index in [-0.39, 0.29) is 18.0 Å². The van der Waals surface area contributed by atoms with Gasteiger partial charge >= 0.3 is 0 Å². The molecule has 0 aliphatic rings. The van der Waals surface area contributed by atoms with Crippen molar-refractivity contribution in [1.29, 1.82) is 0 Å². The van der Waals surface area contributed by atoms with Crippen molar-refractivity contribution < 1.29 is 9.13 Å². The minimum Gasteiger partial charge on any atom is -0.491 e. The molecule has 4 heteroatoms. The standard InChI is InChI=1S/C16H19FN2O/c1-11(2)20-15-8-6-12(7-9-15)16(19-18)13-4-3-5-14(17)10-13/h3-11,16,19H,18H2,1-2H3. The van der Waals surface area contributed by atoms with Crippen LogP contribution in [0.4, 0.5) is 4.39 Å². The molecular formula is C16H19FN2O. The summed E-state index contributed by atoms with van der Waals surface area (Å²) in [6.07, 6.45) is 0.132. The highest BCUT2D eigenvalue weighted by Crippen LogP contribution is 2.24. The first kappa shape index (κ1) is 14.5. The van der Waals surface area contributed by atoms with Gasteiger partial charge in [-0.2, -0.15) is 0 Å². The maximum absolute atomic E-state index is 13.3. The Morgan fingerprint density at radius 2 is 1.75 bits per heavy atom. The summed E-state index contributed by atoms with van der Waals surface area (Å²) in [7, 11) is 0. The molecule has 0 amide bonds. The van der Waals surface area contributed by atoms with Crippen LogP contribution < -0.4 is 16.0 Å². The highest BCUT2D eigenvalue weighted by molar-refractivity contribution is 5.35. The van der Waals surface area contributed by atoms with Crippen molar-refractivity contribution in [3.8, 4) is 5.75 Å². The number of benzene rings is 2. The second-order valence-corrected chi connectivity index (χ2v) is 4.89. The third-order valence-corrected chi connectivity index (χ3v) is 2.93. The number of hydrazine groups is 1. The van der Waals surface area contributed by atoms with Crippen molar-refractivity contribution in [1.82, 2.24) is 5.43 Å². The molecule has 2 aromatic rings. The van der Waals surface area contributed by atoms with Crippen molar-refractivity contribution in [3.63, 3.8) is 0 Å². The summed E-state index contributed by atoms with van der Waals surface area (Å²) in [5.74, 6) is 6.13. The lowest BCUT2D eigenvalue weighted by Gasteiger charge is -2.18. The Bertz CT molecular complexity index is 555. The summed E-state index contributed by atoms with van der Waals surface area (Å²) >= 11 is 0. The number of rotatable bonds is 5. The van der Waals surface area contributed by atoms with Crippen LogP contribution in [0.5, 0.6) is 5.75 Å². The third-order valence-electron chi connectivity index (χ3n) is 2.93. The van der Waals surface area contributed by atoms with Gasteiger partial charge in [-0.3, -0.25) is 5.84 Å². The molecule has 2 rings (SSSR count). The molecule has 0 bridgehead atoms. The van der Waals surface area contributed by atoms with E-state index < -0.39 is 0 Å². The first-order valence-corrected chi connectivity index (χ1v) is 6.58. The normalized spacial score (nSPS) is 12.4. The SMILES string of the molecule is CC(C)Oc1ccc(C(NN)c2cccc(F)c2)cc1. The summed E-state index contributed by atoms with van der Waals surface area (Å²) in [5, 5.41) is 0. The zero-order valence-electron chi connectivity index (χ0n) is 11.6. The molecule has 0 saturated heterocycles. The second-order valence-electron chi connectivity index (χ2n) is 4.89. The molecule has 3 N–H and O–H groups in total. The van der Waals surface area contributed by atoms with Gasteiger partial charge in [0, 0.05) is 0 Å². The van der Waals surface area contributed by atoms with Gasteiger partial charge in [0.25, 0.3) is 0 Å². The lowest BCUT2D eigenvalue weighted by atomic mass is 9.99. The monoisotopic (exact) mass is 274 g/mol. The van der Waals surface area contributed by atoms with E-state index in [4.69, 9.17) is 10.6 Å². The van der Waals surface area contributed by atoms with Crippen LogP contribution in [0.3, 0.4) is 0 Å². The van der Waals surface area contributed by atoms with E-state index in [2.05, 4.69) is 5.43 Å². The van der Waals surface area contributed by atoms with E-state index in [0.29, 0.717) is 0 Å². The Kier molecular flexibility index (Phi) is 4.71. The quantitative estimate of drug-likeness (QED) is 0.650. The van der Waals surface area contributed by atoms with Crippen molar-refractivity contribution in [2.24, 2.45) is 5.84 Å². The maximum Gasteiger partial charge on any atom is 0.123 e. The fourth-order valence-corrected chi connectivity index (χ4v) is 2.08. The number of hydrogen-bond donors (Lipinski definition) is 2. The van der Waals surface area contributed by atoms with Gasteiger partial charge in [-0.1, -0.05) is 24.3 Å². The Morgan fingerprint density at radius 1 is 1.05 bits per heavy atom. The summed E-state index contributed by atoms with van der Waals surface area (Å²) in [4.78, 5) is 0. The molecule has 0 spiro atoms. The van der Waals surface area contributed by atoms with E-state index in [1.54, 1.807) is 6.07 Å². The van der Waals surface area contributed by atoms with Gasteiger partial charge in [0.2, 0.25) is 0 Å². The highest BCUT2D eigenvalue weighted by Gasteiger charge is 2.13. The maximum atomic E-state index is 13.3. The zero-order valence-corrected chi connectivity index (χ0v) is 11.6. The van der Waals surface area contributed by atoms with Crippen molar-refractivity contribution in [2.45, 2.75) is 26.0 Å². The molecule has 0 aromatic heterocycles. The predicted octanol–water partition coefficient (Wildman–Crippen LogP) is 3.17.